The number of hydrogen-bond acceptors (Lipinski definition) is 4. The van der Waals surface area contributed by atoms with E-state index in [4.69, 9.17) is 14.2 Å². The highest BCUT2D eigenvalue weighted by Crippen LogP contribution is 2.29. The number of benzene rings is 2. The molecule has 1 unspecified atom stereocenters. The van der Waals surface area contributed by atoms with Gasteiger partial charge in [0.1, 0.15) is 0 Å². The quantitative estimate of drug-likeness (QED) is 0.792. The Kier molecular flexibility index (Phi) is 7.00. The van der Waals surface area contributed by atoms with E-state index in [1.54, 1.807) is 0 Å². The van der Waals surface area contributed by atoms with Crippen LogP contribution >= 0.6 is 0 Å². The molecule has 0 aromatic heterocycles. The van der Waals surface area contributed by atoms with Crippen LogP contribution in [0.1, 0.15) is 36.7 Å². The molecular formula is C21H26O4. The highest BCUT2D eigenvalue weighted by Gasteiger charge is 2.30. The van der Waals surface area contributed by atoms with Crippen LogP contribution in [0, 0.1) is 0 Å². The summed E-state index contributed by atoms with van der Waals surface area (Å²) in [5.74, 6) is 0. The summed E-state index contributed by atoms with van der Waals surface area (Å²) in [6, 6.07) is 20.1. The van der Waals surface area contributed by atoms with Gasteiger partial charge in [0.25, 0.3) is 0 Å². The van der Waals surface area contributed by atoms with Crippen LogP contribution in [0.4, 0.5) is 0 Å². The van der Waals surface area contributed by atoms with Crippen LogP contribution in [0.3, 0.4) is 0 Å². The summed E-state index contributed by atoms with van der Waals surface area (Å²) in [7, 11) is 0. The maximum absolute atomic E-state index is 9.21. The predicted molar refractivity (Wildman–Crippen MR) is 96.0 cm³/mol. The van der Waals surface area contributed by atoms with Gasteiger partial charge in [0.05, 0.1) is 25.4 Å². The van der Waals surface area contributed by atoms with Crippen molar-refractivity contribution in [2.75, 3.05) is 13.2 Å². The third-order valence-corrected chi connectivity index (χ3v) is 4.41. The summed E-state index contributed by atoms with van der Waals surface area (Å²) in [4.78, 5) is 0. The van der Waals surface area contributed by atoms with Gasteiger partial charge in [0.15, 0.2) is 6.29 Å². The lowest BCUT2D eigenvalue weighted by molar-refractivity contribution is -0.245. The minimum Gasteiger partial charge on any atom is -0.396 e. The fourth-order valence-electron chi connectivity index (χ4n) is 3.06. The summed E-state index contributed by atoms with van der Waals surface area (Å²) in [6.45, 7) is 1.36. The van der Waals surface area contributed by atoms with Crippen molar-refractivity contribution in [3.8, 4) is 0 Å². The van der Waals surface area contributed by atoms with Crippen molar-refractivity contribution in [2.45, 2.75) is 44.4 Å². The van der Waals surface area contributed by atoms with E-state index >= 15 is 0 Å². The maximum atomic E-state index is 9.21. The minimum atomic E-state index is -0.350. The van der Waals surface area contributed by atoms with E-state index in [2.05, 4.69) is 12.1 Å². The fraction of sp³-hybridized carbons (Fsp3) is 0.429. The molecule has 1 fully saturated rings. The Morgan fingerprint density at radius 2 is 1.76 bits per heavy atom. The summed E-state index contributed by atoms with van der Waals surface area (Å²) in [5, 5.41) is 9.21. The lowest BCUT2D eigenvalue weighted by Gasteiger charge is -2.35. The maximum Gasteiger partial charge on any atom is 0.184 e. The van der Waals surface area contributed by atoms with Crippen molar-refractivity contribution in [1.29, 1.82) is 0 Å². The lowest BCUT2D eigenvalue weighted by Crippen LogP contribution is -2.38. The Morgan fingerprint density at radius 1 is 1.04 bits per heavy atom. The molecular weight excluding hydrogens is 316 g/mol. The molecule has 134 valence electrons. The first-order valence-corrected chi connectivity index (χ1v) is 8.95. The van der Waals surface area contributed by atoms with Crippen LogP contribution < -0.4 is 0 Å². The summed E-state index contributed by atoms with van der Waals surface area (Å²) >= 11 is 0. The van der Waals surface area contributed by atoms with E-state index in [9.17, 15) is 5.11 Å². The van der Waals surface area contributed by atoms with Crippen molar-refractivity contribution in [1.82, 2.24) is 0 Å². The van der Waals surface area contributed by atoms with Crippen molar-refractivity contribution in [3.63, 3.8) is 0 Å². The Labute approximate surface area is 149 Å². The van der Waals surface area contributed by atoms with Gasteiger partial charge in [-0.1, -0.05) is 60.7 Å². The van der Waals surface area contributed by atoms with Gasteiger partial charge in [-0.3, -0.25) is 0 Å². The molecule has 25 heavy (non-hydrogen) atoms. The molecule has 4 nitrogen and oxygen atoms in total. The molecule has 0 amide bonds. The van der Waals surface area contributed by atoms with Crippen molar-refractivity contribution in [2.24, 2.45) is 0 Å². The van der Waals surface area contributed by atoms with Crippen molar-refractivity contribution < 1.29 is 19.3 Å². The summed E-state index contributed by atoms with van der Waals surface area (Å²) < 4.78 is 18.1. The topological polar surface area (TPSA) is 47.9 Å². The number of hydrogen-bond donors (Lipinski definition) is 1. The van der Waals surface area contributed by atoms with Gasteiger partial charge < -0.3 is 19.3 Å². The van der Waals surface area contributed by atoms with Gasteiger partial charge in [-0.05, 0) is 24.8 Å². The zero-order chi connectivity index (χ0) is 17.3. The molecule has 1 heterocycles. The molecule has 3 atom stereocenters. The molecule has 1 aliphatic rings. The molecule has 0 aliphatic carbocycles. The van der Waals surface area contributed by atoms with Gasteiger partial charge in [0, 0.05) is 12.2 Å². The molecule has 2 aromatic rings. The smallest absolute Gasteiger partial charge is 0.184 e. The largest absolute Gasteiger partial charge is 0.396 e. The zero-order valence-corrected chi connectivity index (χ0v) is 14.4. The van der Waals surface area contributed by atoms with E-state index in [0.29, 0.717) is 19.6 Å². The summed E-state index contributed by atoms with van der Waals surface area (Å²) in [5.41, 5.74) is 2.17. The average Bonchev–Trinajstić information content (AvgIpc) is 2.70. The van der Waals surface area contributed by atoms with E-state index in [0.717, 1.165) is 24.0 Å². The van der Waals surface area contributed by atoms with Gasteiger partial charge in [-0.15, -0.1) is 0 Å². The van der Waals surface area contributed by atoms with E-state index in [1.165, 1.54) is 0 Å². The number of rotatable bonds is 8. The molecule has 0 bridgehead atoms. The van der Waals surface area contributed by atoms with E-state index in [-0.39, 0.29) is 25.1 Å². The zero-order valence-electron chi connectivity index (χ0n) is 14.4. The first kappa shape index (κ1) is 18.1. The van der Waals surface area contributed by atoms with Crippen LogP contribution in [0.25, 0.3) is 0 Å². The molecule has 3 rings (SSSR count). The summed E-state index contributed by atoms with van der Waals surface area (Å²) in [6.07, 6.45) is 1.84. The molecule has 0 spiro atoms. The van der Waals surface area contributed by atoms with Crippen LogP contribution in [-0.2, 0) is 20.8 Å². The Bertz CT molecular complexity index is 602. The highest BCUT2D eigenvalue weighted by molar-refractivity contribution is 5.16. The van der Waals surface area contributed by atoms with Crippen molar-refractivity contribution >= 4 is 0 Å². The molecule has 4 heteroatoms. The average molecular weight is 342 g/mol. The van der Waals surface area contributed by atoms with Crippen LogP contribution in [0.2, 0.25) is 0 Å². The first-order valence-electron chi connectivity index (χ1n) is 8.95. The van der Waals surface area contributed by atoms with Crippen molar-refractivity contribution in [3.05, 3.63) is 71.8 Å². The molecule has 0 saturated carbocycles. The highest BCUT2D eigenvalue weighted by atomic mass is 16.7. The Balaban J connectivity index is 1.62. The second kappa shape index (κ2) is 9.68. The molecule has 1 saturated heterocycles. The van der Waals surface area contributed by atoms with Crippen LogP contribution in [-0.4, -0.2) is 30.5 Å². The Morgan fingerprint density at radius 3 is 2.48 bits per heavy atom. The number of aliphatic hydroxyl groups excluding tert-OH is 1. The van der Waals surface area contributed by atoms with E-state index < -0.39 is 0 Å². The second-order valence-electron chi connectivity index (χ2n) is 6.28. The van der Waals surface area contributed by atoms with Gasteiger partial charge in [-0.2, -0.15) is 0 Å². The third kappa shape index (κ3) is 5.38. The number of ether oxygens (including phenoxy) is 3. The molecule has 1 N–H and O–H groups in total. The monoisotopic (exact) mass is 342 g/mol. The van der Waals surface area contributed by atoms with Gasteiger partial charge in [-0.25, -0.2) is 0 Å². The Hall–Kier alpha value is -1.72. The van der Waals surface area contributed by atoms with Crippen LogP contribution in [0.15, 0.2) is 60.7 Å². The molecule has 2 aromatic carbocycles. The standard InChI is InChI=1S/C21H26O4/c22-14-7-12-19(24-16-17-8-3-1-4-9-17)20-13-15-23-21(25-20)18-10-5-2-6-11-18/h1-6,8-11,19-22H,7,12-16H2/t19-,20+,21?/m0/s1. The normalized spacial score (nSPS) is 21.8. The fourth-order valence-corrected chi connectivity index (χ4v) is 3.06. The predicted octanol–water partition coefficient (Wildman–Crippen LogP) is 3.85. The lowest BCUT2D eigenvalue weighted by atomic mass is 10.0. The van der Waals surface area contributed by atoms with Gasteiger partial charge >= 0.3 is 0 Å². The van der Waals surface area contributed by atoms with Gasteiger partial charge in [0.2, 0.25) is 0 Å². The first-order chi connectivity index (χ1) is 12.4. The molecule has 1 aliphatic heterocycles. The SMILES string of the molecule is OCCC[C@H](OCc1ccccc1)[C@H]1CCOC(c2ccccc2)O1. The van der Waals surface area contributed by atoms with E-state index in [1.807, 2.05) is 48.5 Å². The van der Waals surface area contributed by atoms with Crippen LogP contribution in [0.5, 0.6) is 0 Å². The third-order valence-electron chi connectivity index (χ3n) is 4.41. The number of aliphatic hydroxyl groups is 1. The molecule has 0 radical (unpaired) electrons. The minimum absolute atomic E-state index is 0.0331. The second-order valence-corrected chi connectivity index (χ2v) is 6.28.